The first-order valence-electron chi connectivity index (χ1n) is 8.75. The summed E-state index contributed by atoms with van der Waals surface area (Å²) in [6.07, 6.45) is 1.55. The molecule has 5 saturated heterocycles. The summed E-state index contributed by atoms with van der Waals surface area (Å²) < 4.78 is 19.5. The molecule has 5 aliphatic rings. The van der Waals surface area contributed by atoms with E-state index in [1.54, 1.807) is 0 Å². The Morgan fingerprint density at radius 3 is 1.43 bits per heavy atom. The third-order valence-electron chi connectivity index (χ3n) is 7.68. The van der Waals surface area contributed by atoms with Crippen LogP contribution < -0.4 is 0 Å². The summed E-state index contributed by atoms with van der Waals surface area (Å²) >= 11 is 0. The Hall–Kier alpha value is -0.120. The molecule has 5 aliphatic heterocycles. The van der Waals surface area contributed by atoms with Crippen LogP contribution in [0.4, 0.5) is 0 Å². The minimum Gasteiger partial charge on any atom is -0.374 e. The first kappa shape index (κ1) is 13.3. The van der Waals surface area contributed by atoms with Crippen LogP contribution in [0.5, 0.6) is 0 Å². The molecule has 3 heteroatoms. The molecule has 0 aromatic heterocycles. The molecule has 0 amide bonds. The Morgan fingerprint density at radius 1 is 0.619 bits per heavy atom. The van der Waals surface area contributed by atoms with Gasteiger partial charge in [-0.05, 0) is 39.5 Å². The maximum atomic E-state index is 6.60. The highest BCUT2D eigenvalue weighted by Crippen LogP contribution is 2.68. The van der Waals surface area contributed by atoms with Gasteiger partial charge in [-0.15, -0.1) is 0 Å². The smallest absolute Gasteiger partial charge is 0.0697 e. The van der Waals surface area contributed by atoms with Crippen molar-refractivity contribution in [2.75, 3.05) is 0 Å². The maximum Gasteiger partial charge on any atom is 0.0697 e. The first-order valence-corrected chi connectivity index (χ1v) is 8.75. The van der Waals surface area contributed by atoms with Crippen molar-refractivity contribution in [3.05, 3.63) is 0 Å². The molecule has 5 heterocycles. The summed E-state index contributed by atoms with van der Waals surface area (Å²) in [4.78, 5) is 0. The van der Waals surface area contributed by atoms with Crippen LogP contribution in [-0.2, 0) is 14.2 Å². The van der Waals surface area contributed by atoms with E-state index in [1.807, 2.05) is 0 Å². The van der Waals surface area contributed by atoms with Crippen molar-refractivity contribution in [1.29, 1.82) is 0 Å². The van der Waals surface area contributed by atoms with Crippen LogP contribution in [0.1, 0.15) is 41.5 Å². The summed E-state index contributed by atoms with van der Waals surface area (Å²) in [6, 6.07) is 0. The Morgan fingerprint density at radius 2 is 1.00 bits per heavy atom. The molecule has 0 N–H and O–H groups in total. The lowest BCUT2D eigenvalue weighted by Gasteiger charge is -2.42. The Kier molecular flexibility index (Phi) is 2.23. The molecule has 0 aliphatic carbocycles. The molecule has 21 heavy (non-hydrogen) atoms. The standard InChI is InChI=1S/C18H28O3/c1-7-8(2)14-10-9(13(7)19-14)15-11-12(16(10)20-15)18(5,6)21-17(11,3)4/h7-16H,1-6H3. The Balaban J connectivity index is 1.58. The number of hydrogen-bond donors (Lipinski definition) is 0. The van der Waals surface area contributed by atoms with Crippen molar-refractivity contribution >= 4 is 0 Å². The van der Waals surface area contributed by atoms with Crippen molar-refractivity contribution in [3.8, 4) is 0 Å². The van der Waals surface area contributed by atoms with E-state index in [9.17, 15) is 0 Å². The Bertz CT molecular complexity index is 457. The van der Waals surface area contributed by atoms with Gasteiger partial charge in [-0.3, -0.25) is 0 Å². The van der Waals surface area contributed by atoms with Gasteiger partial charge < -0.3 is 14.2 Å². The fraction of sp³-hybridized carbons (Fsp3) is 1.00. The molecular formula is C18H28O3. The fourth-order valence-electron chi connectivity index (χ4n) is 7.05. The number of fused-ring (bicyclic) bond motifs is 12. The van der Waals surface area contributed by atoms with E-state index in [0.717, 1.165) is 0 Å². The lowest BCUT2D eigenvalue weighted by Crippen LogP contribution is -2.52. The lowest BCUT2D eigenvalue weighted by molar-refractivity contribution is -0.122. The molecular weight excluding hydrogens is 264 g/mol. The number of hydrogen-bond acceptors (Lipinski definition) is 3. The highest BCUT2D eigenvalue weighted by Gasteiger charge is 2.77. The average Bonchev–Trinajstić information content (AvgIpc) is 3.08. The van der Waals surface area contributed by atoms with Gasteiger partial charge in [0.2, 0.25) is 0 Å². The molecule has 0 radical (unpaired) electrons. The summed E-state index contributed by atoms with van der Waals surface area (Å²) in [7, 11) is 0. The summed E-state index contributed by atoms with van der Waals surface area (Å²) in [5.41, 5.74) is -0.148. The summed E-state index contributed by atoms with van der Waals surface area (Å²) in [5, 5.41) is 0. The molecule has 0 spiro atoms. The van der Waals surface area contributed by atoms with Crippen molar-refractivity contribution in [2.45, 2.75) is 77.2 Å². The zero-order valence-corrected chi connectivity index (χ0v) is 14.0. The highest BCUT2D eigenvalue weighted by molar-refractivity contribution is 5.23. The van der Waals surface area contributed by atoms with Crippen molar-refractivity contribution in [2.24, 2.45) is 35.5 Å². The second-order valence-electron chi connectivity index (χ2n) is 9.36. The molecule has 3 nitrogen and oxygen atoms in total. The van der Waals surface area contributed by atoms with Gasteiger partial charge in [0, 0.05) is 23.7 Å². The van der Waals surface area contributed by atoms with Gasteiger partial charge in [0.25, 0.3) is 0 Å². The van der Waals surface area contributed by atoms with E-state index in [-0.39, 0.29) is 11.2 Å². The molecule has 5 fully saturated rings. The van der Waals surface area contributed by atoms with Crippen molar-refractivity contribution in [1.82, 2.24) is 0 Å². The van der Waals surface area contributed by atoms with Crippen LogP contribution in [0.25, 0.3) is 0 Å². The largest absolute Gasteiger partial charge is 0.374 e. The van der Waals surface area contributed by atoms with E-state index >= 15 is 0 Å². The topological polar surface area (TPSA) is 27.7 Å². The molecule has 5 rings (SSSR count). The number of rotatable bonds is 0. The SMILES string of the molecule is CC1C(C)C2OC1C1C3OC(C21)C1C3C(C)(C)OC1(C)C. The molecule has 0 saturated carbocycles. The van der Waals surface area contributed by atoms with Crippen LogP contribution in [0, 0.1) is 35.5 Å². The minimum atomic E-state index is -0.0742. The maximum absolute atomic E-state index is 6.60. The quantitative estimate of drug-likeness (QED) is 0.687. The molecule has 10 unspecified atom stereocenters. The van der Waals surface area contributed by atoms with E-state index in [0.29, 0.717) is 59.9 Å². The monoisotopic (exact) mass is 292 g/mol. The van der Waals surface area contributed by atoms with Crippen LogP contribution in [0.15, 0.2) is 0 Å². The minimum absolute atomic E-state index is 0.0742. The van der Waals surface area contributed by atoms with Crippen LogP contribution in [0.3, 0.4) is 0 Å². The Labute approximate surface area is 127 Å². The predicted octanol–water partition coefficient (Wildman–Crippen LogP) is 2.87. The number of ether oxygens (including phenoxy) is 3. The van der Waals surface area contributed by atoms with Crippen molar-refractivity contribution in [3.63, 3.8) is 0 Å². The highest BCUT2D eigenvalue weighted by atomic mass is 16.6. The summed E-state index contributed by atoms with van der Waals surface area (Å²) in [6.45, 7) is 13.8. The molecule has 10 atom stereocenters. The predicted molar refractivity (Wildman–Crippen MR) is 78.9 cm³/mol. The van der Waals surface area contributed by atoms with Gasteiger partial charge in [0.05, 0.1) is 35.6 Å². The normalized spacial score (nSPS) is 64.9. The molecule has 118 valence electrons. The molecule has 0 aromatic carbocycles. The first-order chi connectivity index (χ1) is 9.74. The average molecular weight is 292 g/mol. The van der Waals surface area contributed by atoms with E-state index < -0.39 is 0 Å². The second kappa shape index (κ2) is 3.52. The van der Waals surface area contributed by atoms with Gasteiger partial charge in [-0.25, -0.2) is 0 Å². The third kappa shape index (κ3) is 1.30. The summed E-state index contributed by atoms with van der Waals surface area (Å²) in [5.74, 6) is 3.65. The molecule has 0 aromatic rings. The third-order valence-corrected chi connectivity index (χ3v) is 7.68. The van der Waals surface area contributed by atoms with Crippen molar-refractivity contribution < 1.29 is 14.2 Å². The molecule has 4 bridgehead atoms. The van der Waals surface area contributed by atoms with Gasteiger partial charge in [-0.1, -0.05) is 13.8 Å². The zero-order valence-electron chi connectivity index (χ0n) is 14.0. The fourth-order valence-corrected chi connectivity index (χ4v) is 7.05. The van der Waals surface area contributed by atoms with Gasteiger partial charge in [0.15, 0.2) is 0 Å². The van der Waals surface area contributed by atoms with Crippen LogP contribution in [-0.4, -0.2) is 35.6 Å². The van der Waals surface area contributed by atoms with Crippen LogP contribution >= 0.6 is 0 Å². The van der Waals surface area contributed by atoms with E-state index in [4.69, 9.17) is 14.2 Å². The van der Waals surface area contributed by atoms with Crippen LogP contribution in [0.2, 0.25) is 0 Å². The van der Waals surface area contributed by atoms with E-state index in [2.05, 4.69) is 41.5 Å². The van der Waals surface area contributed by atoms with E-state index in [1.165, 1.54) is 0 Å². The zero-order chi connectivity index (χ0) is 14.9. The lowest BCUT2D eigenvalue weighted by atomic mass is 9.56. The van der Waals surface area contributed by atoms with Gasteiger partial charge in [0.1, 0.15) is 0 Å². The van der Waals surface area contributed by atoms with Gasteiger partial charge >= 0.3 is 0 Å². The second-order valence-corrected chi connectivity index (χ2v) is 9.36. The van der Waals surface area contributed by atoms with Gasteiger partial charge in [-0.2, -0.15) is 0 Å².